The van der Waals surface area contributed by atoms with Crippen LogP contribution < -0.4 is 25.5 Å². The predicted molar refractivity (Wildman–Crippen MR) is 80.7 cm³/mol. The van der Waals surface area contributed by atoms with Crippen LogP contribution in [0.15, 0.2) is 23.3 Å². The molecule has 10 heteroatoms. The standard InChI is InChI=1S/C14H14N4O6/c1-23-8-3-7(4-9(5-8)24-2)11(19)18-15-6-10-12(20)16-14(22)17-13(10)21/h3-6,10H,1-2H3,(H,18,19)(H2,16,17,20,21,22)/b15-6+. The van der Waals surface area contributed by atoms with Crippen LogP contribution >= 0.6 is 0 Å². The van der Waals surface area contributed by atoms with Gasteiger partial charge in [0.2, 0.25) is 11.8 Å². The van der Waals surface area contributed by atoms with Crippen LogP contribution in [0.25, 0.3) is 0 Å². The highest BCUT2D eigenvalue weighted by Gasteiger charge is 2.32. The Morgan fingerprint density at radius 2 is 1.62 bits per heavy atom. The largest absolute Gasteiger partial charge is 0.497 e. The van der Waals surface area contributed by atoms with Crippen LogP contribution in [-0.4, -0.2) is 44.2 Å². The van der Waals surface area contributed by atoms with Gasteiger partial charge in [-0.3, -0.25) is 25.0 Å². The van der Waals surface area contributed by atoms with Crippen molar-refractivity contribution in [2.45, 2.75) is 0 Å². The fourth-order valence-corrected chi connectivity index (χ4v) is 1.84. The summed E-state index contributed by atoms with van der Waals surface area (Å²) in [4.78, 5) is 46.0. The maximum absolute atomic E-state index is 12.0. The monoisotopic (exact) mass is 334 g/mol. The summed E-state index contributed by atoms with van der Waals surface area (Å²) in [6.45, 7) is 0. The van der Waals surface area contributed by atoms with E-state index in [1.54, 1.807) is 6.07 Å². The van der Waals surface area contributed by atoms with Crippen molar-refractivity contribution in [1.82, 2.24) is 16.1 Å². The van der Waals surface area contributed by atoms with Gasteiger partial charge in [-0.05, 0) is 12.1 Å². The highest BCUT2D eigenvalue weighted by molar-refractivity contribution is 6.23. The summed E-state index contributed by atoms with van der Waals surface area (Å²) in [6.07, 6.45) is 0.923. The first-order valence-corrected chi connectivity index (χ1v) is 6.67. The lowest BCUT2D eigenvalue weighted by molar-refractivity contribution is -0.132. The summed E-state index contributed by atoms with van der Waals surface area (Å²) < 4.78 is 10.1. The van der Waals surface area contributed by atoms with E-state index in [9.17, 15) is 19.2 Å². The molecule has 0 bridgehead atoms. The molecule has 1 aromatic rings. The van der Waals surface area contributed by atoms with Crippen molar-refractivity contribution in [3.8, 4) is 11.5 Å². The van der Waals surface area contributed by atoms with Crippen molar-refractivity contribution in [3.63, 3.8) is 0 Å². The van der Waals surface area contributed by atoms with Gasteiger partial charge in [-0.1, -0.05) is 0 Å². The summed E-state index contributed by atoms with van der Waals surface area (Å²) >= 11 is 0. The van der Waals surface area contributed by atoms with Crippen LogP contribution in [0.2, 0.25) is 0 Å². The van der Waals surface area contributed by atoms with Crippen molar-refractivity contribution in [2.75, 3.05) is 14.2 Å². The second-order valence-corrected chi connectivity index (χ2v) is 4.61. The fraction of sp³-hybridized carbons (Fsp3) is 0.214. The Hall–Kier alpha value is -3.43. The van der Waals surface area contributed by atoms with Crippen LogP contribution in [0.4, 0.5) is 4.79 Å². The Labute approximate surface area is 136 Å². The third kappa shape index (κ3) is 3.85. The first-order chi connectivity index (χ1) is 11.4. The van der Waals surface area contributed by atoms with Gasteiger partial charge in [0.15, 0.2) is 5.92 Å². The lowest BCUT2D eigenvalue weighted by Crippen LogP contribution is -2.56. The molecule has 1 saturated heterocycles. The lowest BCUT2D eigenvalue weighted by Gasteiger charge is -2.16. The predicted octanol–water partition coefficient (Wildman–Crippen LogP) is -0.598. The molecule has 10 nitrogen and oxygen atoms in total. The number of ether oxygens (including phenoxy) is 2. The van der Waals surface area contributed by atoms with Gasteiger partial charge in [0.05, 0.1) is 14.2 Å². The van der Waals surface area contributed by atoms with Crippen LogP contribution in [0.3, 0.4) is 0 Å². The molecule has 1 aliphatic heterocycles. The zero-order valence-electron chi connectivity index (χ0n) is 12.8. The van der Waals surface area contributed by atoms with E-state index in [0.29, 0.717) is 11.5 Å². The van der Waals surface area contributed by atoms with Gasteiger partial charge in [0.1, 0.15) is 11.5 Å². The maximum Gasteiger partial charge on any atom is 0.328 e. The average molecular weight is 334 g/mol. The molecule has 0 unspecified atom stereocenters. The number of hydrogen-bond acceptors (Lipinski definition) is 7. The number of methoxy groups -OCH3 is 2. The van der Waals surface area contributed by atoms with Crippen LogP contribution in [-0.2, 0) is 9.59 Å². The summed E-state index contributed by atoms with van der Waals surface area (Å²) in [5.41, 5.74) is 2.38. The SMILES string of the molecule is COc1cc(OC)cc(C(=O)N/N=C/C2C(=O)NC(=O)NC2=O)c1. The number of imide groups is 2. The molecule has 1 heterocycles. The molecular formula is C14H14N4O6. The van der Waals surface area contributed by atoms with Crippen molar-refractivity contribution in [3.05, 3.63) is 23.8 Å². The Morgan fingerprint density at radius 1 is 1.08 bits per heavy atom. The van der Waals surface area contributed by atoms with E-state index in [1.165, 1.54) is 26.4 Å². The minimum Gasteiger partial charge on any atom is -0.497 e. The number of nitrogens with zero attached hydrogens (tertiary/aromatic N) is 1. The molecule has 0 aliphatic carbocycles. The highest BCUT2D eigenvalue weighted by Crippen LogP contribution is 2.22. The molecular weight excluding hydrogens is 320 g/mol. The van der Waals surface area contributed by atoms with E-state index in [-0.39, 0.29) is 5.56 Å². The molecule has 1 fully saturated rings. The van der Waals surface area contributed by atoms with Gasteiger partial charge >= 0.3 is 6.03 Å². The van der Waals surface area contributed by atoms with Crippen molar-refractivity contribution < 1.29 is 28.7 Å². The molecule has 126 valence electrons. The number of rotatable bonds is 5. The van der Waals surface area contributed by atoms with E-state index in [0.717, 1.165) is 6.21 Å². The number of carbonyl (C=O) groups excluding carboxylic acids is 4. The number of hydrogen-bond donors (Lipinski definition) is 3. The molecule has 0 radical (unpaired) electrons. The molecule has 2 rings (SSSR count). The number of nitrogens with one attached hydrogen (secondary N) is 3. The van der Waals surface area contributed by atoms with Gasteiger partial charge in [-0.25, -0.2) is 10.2 Å². The van der Waals surface area contributed by atoms with Crippen LogP contribution in [0.1, 0.15) is 10.4 Å². The van der Waals surface area contributed by atoms with E-state index in [4.69, 9.17) is 9.47 Å². The number of hydrazone groups is 1. The molecule has 0 atom stereocenters. The van der Waals surface area contributed by atoms with Gasteiger partial charge in [0.25, 0.3) is 5.91 Å². The first kappa shape index (κ1) is 16.9. The molecule has 5 amide bonds. The van der Waals surface area contributed by atoms with Gasteiger partial charge < -0.3 is 9.47 Å². The number of barbiturate groups is 1. The summed E-state index contributed by atoms with van der Waals surface area (Å²) in [5, 5.41) is 7.39. The van der Waals surface area contributed by atoms with Gasteiger partial charge in [0, 0.05) is 17.8 Å². The van der Waals surface area contributed by atoms with Gasteiger partial charge in [-0.2, -0.15) is 5.10 Å². The maximum atomic E-state index is 12.0. The van der Waals surface area contributed by atoms with E-state index < -0.39 is 29.7 Å². The number of amides is 5. The fourth-order valence-electron chi connectivity index (χ4n) is 1.84. The molecule has 1 aromatic carbocycles. The van der Waals surface area contributed by atoms with Crippen molar-refractivity contribution in [1.29, 1.82) is 0 Å². The van der Waals surface area contributed by atoms with Crippen molar-refractivity contribution >= 4 is 30.0 Å². The summed E-state index contributed by atoms with van der Waals surface area (Å²) in [6, 6.07) is 3.62. The zero-order valence-corrected chi connectivity index (χ0v) is 12.8. The van der Waals surface area contributed by atoms with Gasteiger partial charge in [-0.15, -0.1) is 0 Å². The molecule has 24 heavy (non-hydrogen) atoms. The van der Waals surface area contributed by atoms with Crippen LogP contribution in [0, 0.1) is 5.92 Å². The quantitative estimate of drug-likeness (QED) is 0.374. The number of urea groups is 1. The van der Waals surface area contributed by atoms with Crippen LogP contribution in [0.5, 0.6) is 11.5 Å². The third-order valence-corrected chi connectivity index (χ3v) is 3.04. The second kappa shape index (κ2) is 7.22. The van der Waals surface area contributed by atoms with E-state index in [2.05, 4.69) is 10.5 Å². The Balaban J connectivity index is 2.06. The average Bonchev–Trinajstić information content (AvgIpc) is 2.56. The minimum atomic E-state index is -1.32. The minimum absolute atomic E-state index is 0.205. The summed E-state index contributed by atoms with van der Waals surface area (Å²) in [7, 11) is 2.88. The zero-order chi connectivity index (χ0) is 17.7. The molecule has 0 spiro atoms. The van der Waals surface area contributed by atoms with E-state index in [1.807, 2.05) is 10.6 Å². The lowest BCUT2D eigenvalue weighted by atomic mass is 10.1. The Morgan fingerprint density at radius 3 is 2.12 bits per heavy atom. The Kier molecular flexibility index (Phi) is 5.09. The number of carbonyl (C=O) groups is 4. The summed E-state index contributed by atoms with van der Waals surface area (Å²) in [5.74, 6) is -2.75. The number of benzene rings is 1. The van der Waals surface area contributed by atoms with E-state index >= 15 is 0 Å². The smallest absolute Gasteiger partial charge is 0.328 e. The molecule has 3 N–H and O–H groups in total. The third-order valence-electron chi connectivity index (χ3n) is 3.04. The molecule has 1 aliphatic rings. The second-order valence-electron chi connectivity index (χ2n) is 4.61. The molecule has 0 aromatic heterocycles. The van der Waals surface area contributed by atoms with Crippen molar-refractivity contribution in [2.24, 2.45) is 11.0 Å². The Bertz CT molecular complexity index is 688. The topological polar surface area (TPSA) is 135 Å². The highest BCUT2D eigenvalue weighted by atomic mass is 16.5. The first-order valence-electron chi connectivity index (χ1n) is 6.67. The molecule has 0 saturated carbocycles. The normalized spacial score (nSPS) is 15.0.